The Bertz CT molecular complexity index is 223. The summed E-state index contributed by atoms with van der Waals surface area (Å²) in [5.41, 5.74) is 6.02. The molecular weight excluding hydrogens is 206 g/mol. The monoisotopic (exact) mass is 227 g/mol. The van der Waals surface area contributed by atoms with E-state index in [1.807, 2.05) is 0 Å². The lowest BCUT2D eigenvalue weighted by Gasteiger charge is -2.20. The fourth-order valence-electron chi connectivity index (χ4n) is 1.92. The highest BCUT2D eigenvalue weighted by atomic mass is 16.4. The van der Waals surface area contributed by atoms with Crippen molar-refractivity contribution in [3.63, 3.8) is 0 Å². The summed E-state index contributed by atoms with van der Waals surface area (Å²) >= 11 is 0. The van der Waals surface area contributed by atoms with Crippen LogP contribution < -0.4 is 10.9 Å². The number of nitrogens with one attached hydrogen (secondary N) is 2. The van der Waals surface area contributed by atoms with Gasteiger partial charge in [-0.2, -0.15) is 0 Å². The second kappa shape index (κ2) is 8.10. The van der Waals surface area contributed by atoms with E-state index in [0.717, 1.165) is 0 Å². The van der Waals surface area contributed by atoms with Crippen LogP contribution in [0, 0.1) is 0 Å². The summed E-state index contributed by atoms with van der Waals surface area (Å²) in [6.45, 7) is -0.181. The molecule has 0 aromatic carbocycles. The highest BCUT2D eigenvalue weighted by Crippen LogP contribution is 2.16. The van der Waals surface area contributed by atoms with E-state index < -0.39 is 5.97 Å². The Morgan fingerprint density at radius 2 is 1.88 bits per heavy atom. The van der Waals surface area contributed by atoms with Gasteiger partial charge in [0.05, 0.1) is 6.34 Å². The van der Waals surface area contributed by atoms with E-state index in [-0.39, 0.29) is 6.54 Å². The van der Waals surface area contributed by atoms with Gasteiger partial charge in [0.15, 0.2) is 0 Å². The fraction of sp³-hybridized carbons (Fsp3) is 0.818. The van der Waals surface area contributed by atoms with Crippen LogP contribution in [-0.2, 0) is 4.79 Å². The first-order chi connectivity index (χ1) is 7.79. The molecule has 0 unspecified atom stereocenters. The normalized spacial score (nSPS) is 19.2. The smallest absolute Gasteiger partial charge is 0.325 e. The molecule has 1 saturated carbocycles. The van der Waals surface area contributed by atoms with Crippen LogP contribution in [-0.4, -0.2) is 30.0 Å². The number of aliphatic imine (C=N–C) groups is 1. The van der Waals surface area contributed by atoms with Crippen molar-refractivity contribution in [1.29, 1.82) is 0 Å². The maximum absolute atomic E-state index is 10.2. The van der Waals surface area contributed by atoms with Crippen molar-refractivity contribution >= 4 is 12.3 Å². The number of hydrogen-bond acceptors (Lipinski definition) is 3. The van der Waals surface area contributed by atoms with E-state index in [9.17, 15) is 4.79 Å². The molecule has 16 heavy (non-hydrogen) atoms. The molecule has 92 valence electrons. The zero-order valence-electron chi connectivity index (χ0n) is 9.61. The third kappa shape index (κ3) is 6.40. The molecule has 0 bridgehead atoms. The zero-order valence-corrected chi connectivity index (χ0v) is 9.61. The van der Waals surface area contributed by atoms with Crippen molar-refractivity contribution in [3.8, 4) is 0 Å². The molecule has 0 aliphatic heterocycles. The van der Waals surface area contributed by atoms with E-state index in [1.54, 1.807) is 0 Å². The number of aliphatic carboxylic acids is 1. The summed E-state index contributed by atoms with van der Waals surface area (Å²) in [7, 11) is 0. The number of hydrogen-bond donors (Lipinski definition) is 3. The first kappa shape index (κ1) is 13.0. The largest absolute Gasteiger partial charge is 0.480 e. The minimum atomic E-state index is -0.913. The summed E-state index contributed by atoms with van der Waals surface area (Å²) in [5.74, 6) is -0.913. The molecule has 1 fully saturated rings. The van der Waals surface area contributed by atoms with Crippen LogP contribution in [0.2, 0.25) is 0 Å². The van der Waals surface area contributed by atoms with Gasteiger partial charge in [0.1, 0.15) is 6.54 Å². The minimum Gasteiger partial charge on any atom is -0.480 e. The summed E-state index contributed by atoms with van der Waals surface area (Å²) in [4.78, 5) is 13.9. The van der Waals surface area contributed by atoms with Gasteiger partial charge in [-0.3, -0.25) is 9.79 Å². The van der Waals surface area contributed by atoms with E-state index >= 15 is 0 Å². The molecule has 0 heterocycles. The Morgan fingerprint density at radius 1 is 1.25 bits per heavy atom. The summed E-state index contributed by atoms with van der Waals surface area (Å²) < 4.78 is 0. The van der Waals surface area contributed by atoms with Gasteiger partial charge in [0.25, 0.3) is 0 Å². The van der Waals surface area contributed by atoms with Gasteiger partial charge in [0, 0.05) is 6.04 Å². The summed E-state index contributed by atoms with van der Waals surface area (Å²) in [6.07, 6.45) is 10.3. The van der Waals surface area contributed by atoms with E-state index in [1.165, 1.54) is 51.3 Å². The predicted molar refractivity (Wildman–Crippen MR) is 63.4 cm³/mol. The number of carboxylic acids is 1. The highest BCUT2D eigenvalue weighted by molar-refractivity contribution is 5.71. The quantitative estimate of drug-likeness (QED) is 0.376. The van der Waals surface area contributed by atoms with Crippen molar-refractivity contribution in [2.24, 2.45) is 4.99 Å². The summed E-state index contributed by atoms with van der Waals surface area (Å²) in [5, 5.41) is 8.37. The van der Waals surface area contributed by atoms with Crippen molar-refractivity contribution in [1.82, 2.24) is 10.9 Å². The molecule has 0 amide bonds. The second-order valence-electron chi connectivity index (χ2n) is 4.19. The lowest BCUT2D eigenvalue weighted by molar-refractivity contribution is -0.135. The third-order valence-electron chi connectivity index (χ3n) is 2.78. The van der Waals surface area contributed by atoms with Crippen LogP contribution in [0.5, 0.6) is 0 Å². The average Bonchev–Trinajstić information content (AvgIpc) is 2.19. The van der Waals surface area contributed by atoms with E-state index in [2.05, 4.69) is 15.8 Å². The fourth-order valence-corrected chi connectivity index (χ4v) is 1.92. The van der Waals surface area contributed by atoms with Gasteiger partial charge in [-0.1, -0.05) is 32.1 Å². The molecule has 1 aliphatic rings. The summed E-state index contributed by atoms with van der Waals surface area (Å²) in [6, 6.07) is 0.483. The van der Waals surface area contributed by atoms with Crippen LogP contribution in [0.4, 0.5) is 0 Å². The van der Waals surface area contributed by atoms with Crippen LogP contribution in [0.25, 0.3) is 0 Å². The lowest BCUT2D eigenvalue weighted by atomic mass is 9.97. The van der Waals surface area contributed by atoms with Crippen molar-refractivity contribution < 1.29 is 9.90 Å². The molecule has 1 aliphatic carbocycles. The topological polar surface area (TPSA) is 73.7 Å². The molecule has 1 rings (SSSR count). The van der Waals surface area contributed by atoms with Gasteiger partial charge < -0.3 is 10.5 Å². The van der Waals surface area contributed by atoms with Crippen LogP contribution in [0.15, 0.2) is 4.99 Å². The van der Waals surface area contributed by atoms with Gasteiger partial charge >= 0.3 is 5.97 Å². The first-order valence-corrected chi connectivity index (χ1v) is 6.00. The Kier molecular flexibility index (Phi) is 6.56. The Balaban J connectivity index is 2.10. The number of carboxylic acid groups (broad SMARTS) is 1. The Labute approximate surface area is 96.3 Å². The average molecular weight is 227 g/mol. The van der Waals surface area contributed by atoms with Crippen molar-refractivity contribution in [3.05, 3.63) is 0 Å². The molecule has 0 atom stereocenters. The Hall–Kier alpha value is -1.10. The molecule has 3 N–H and O–H groups in total. The van der Waals surface area contributed by atoms with Gasteiger partial charge in [-0.25, -0.2) is 5.43 Å². The molecule has 0 aromatic rings. The molecule has 5 nitrogen and oxygen atoms in total. The number of rotatable bonds is 5. The van der Waals surface area contributed by atoms with Crippen LogP contribution in [0.3, 0.4) is 0 Å². The SMILES string of the molecule is O=C(O)CN=CNNC1CCCCCCC1. The molecule has 5 heteroatoms. The molecule has 0 aromatic heterocycles. The molecule has 0 radical (unpaired) electrons. The molecule has 0 saturated heterocycles. The highest BCUT2D eigenvalue weighted by Gasteiger charge is 2.09. The maximum atomic E-state index is 10.2. The lowest BCUT2D eigenvalue weighted by Crippen LogP contribution is -2.40. The molecule has 0 spiro atoms. The predicted octanol–water partition coefficient (Wildman–Crippen LogP) is 1.31. The second-order valence-corrected chi connectivity index (χ2v) is 4.19. The number of hydrazine groups is 1. The van der Waals surface area contributed by atoms with Gasteiger partial charge in [-0.05, 0) is 12.8 Å². The van der Waals surface area contributed by atoms with Gasteiger partial charge in [-0.15, -0.1) is 0 Å². The third-order valence-corrected chi connectivity index (χ3v) is 2.78. The van der Waals surface area contributed by atoms with Crippen molar-refractivity contribution in [2.75, 3.05) is 6.54 Å². The van der Waals surface area contributed by atoms with E-state index in [0.29, 0.717) is 6.04 Å². The zero-order chi connectivity index (χ0) is 11.6. The maximum Gasteiger partial charge on any atom is 0.325 e. The van der Waals surface area contributed by atoms with Gasteiger partial charge in [0.2, 0.25) is 0 Å². The van der Waals surface area contributed by atoms with Crippen LogP contribution in [0.1, 0.15) is 44.9 Å². The molecular formula is C11H21N3O2. The number of carbonyl (C=O) groups is 1. The standard InChI is InChI=1S/C11H21N3O2/c15-11(16)8-12-9-13-14-10-6-4-2-1-3-5-7-10/h9-10,14H,1-8H2,(H,12,13)(H,15,16). The van der Waals surface area contributed by atoms with Crippen LogP contribution >= 0.6 is 0 Å². The van der Waals surface area contributed by atoms with E-state index in [4.69, 9.17) is 5.11 Å². The Morgan fingerprint density at radius 3 is 2.50 bits per heavy atom. The van der Waals surface area contributed by atoms with Crippen molar-refractivity contribution in [2.45, 2.75) is 51.0 Å². The number of nitrogens with zero attached hydrogens (tertiary/aromatic N) is 1. The minimum absolute atomic E-state index is 0.181. The first-order valence-electron chi connectivity index (χ1n) is 6.00.